The van der Waals surface area contributed by atoms with Crippen LogP contribution in [0.2, 0.25) is 0 Å². The molecule has 1 rings (SSSR count). The number of hydrogen-bond donors (Lipinski definition) is 0. The van der Waals surface area contributed by atoms with Crippen LogP contribution in [-0.2, 0) is 0 Å². The van der Waals surface area contributed by atoms with Crippen molar-refractivity contribution in [2.24, 2.45) is 0 Å². The Labute approximate surface area is 113 Å². The minimum atomic E-state index is 0.114. The predicted octanol–water partition coefficient (Wildman–Crippen LogP) is 5.02. The van der Waals surface area contributed by atoms with Gasteiger partial charge >= 0.3 is 0 Å². The monoisotopic (exact) mass is 247 g/mol. The first-order valence-electron chi connectivity index (χ1n) is 6.83. The van der Waals surface area contributed by atoms with Crippen LogP contribution in [0.5, 0.6) is 0 Å². The number of aryl methyl sites for hydroxylation is 3. The molecule has 102 valence electrons. The maximum atomic E-state index is 2.55. The third-order valence-corrected chi connectivity index (χ3v) is 3.20. The van der Waals surface area contributed by atoms with Crippen molar-refractivity contribution in [2.75, 3.05) is 4.90 Å². The van der Waals surface area contributed by atoms with Gasteiger partial charge in [-0.05, 0) is 73.4 Å². The lowest BCUT2D eigenvalue weighted by Gasteiger charge is -2.48. The molecule has 0 saturated heterocycles. The van der Waals surface area contributed by atoms with E-state index in [9.17, 15) is 0 Å². The van der Waals surface area contributed by atoms with E-state index in [0.717, 1.165) is 0 Å². The van der Waals surface area contributed by atoms with Crippen molar-refractivity contribution in [3.05, 3.63) is 28.8 Å². The molecular formula is C17H29N. The van der Waals surface area contributed by atoms with Gasteiger partial charge in [0.2, 0.25) is 0 Å². The van der Waals surface area contributed by atoms with E-state index < -0.39 is 0 Å². The zero-order valence-electron chi connectivity index (χ0n) is 13.6. The highest BCUT2D eigenvalue weighted by Gasteiger charge is 2.33. The summed E-state index contributed by atoms with van der Waals surface area (Å²) in [4.78, 5) is 2.55. The molecule has 1 nitrogen and oxygen atoms in total. The van der Waals surface area contributed by atoms with E-state index in [2.05, 4.69) is 79.3 Å². The molecule has 0 N–H and O–H groups in total. The normalized spacial score (nSPS) is 12.7. The van der Waals surface area contributed by atoms with E-state index in [1.165, 1.54) is 22.4 Å². The van der Waals surface area contributed by atoms with Gasteiger partial charge < -0.3 is 4.90 Å². The van der Waals surface area contributed by atoms with Crippen LogP contribution in [0, 0.1) is 20.8 Å². The number of benzene rings is 1. The van der Waals surface area contributed by atoms with Crippen molar-refractivity contribution in [1.29, 1.82) is 0 Å². The highest BCUT2D eigenvalue weighted by Crippen LogP contribution is 2.37. The molecule has 0 aliphatic rings. The molecule has 1 heteroatoms. The average Bonchev–Trinajstić information content (AvgIpc) is 2.06. The van der Waals surface area contributed by atoms with Gasteiger partial charge in [0.15, 0.2) is 0 Å². The summed E-state index contributed by atoms with van der Waals surface area (Å²) in [7, 11) is 0. The smallest absolute Gasteiger partial charge is 0.0434 e. The fraction of sp³-hybridized carbons (Fsp3) is 0.647. The van der Waals surface area contributed by atoms with Crippen molar-refractivity contribution in [3.8, 4) is 0 Å². The van der Waals surface area contributed by atoms with Crippen LogP contribution < -0.4 is 4.90 Å². The molecule has 0 radical (unpaired) electrons. The van der Waals surface area contributed by atoms with Crippen LogP contribution in [0.4, 0.5) is 5.69 Å². The van der Waals surface area contributed by atoms with Gasteiger partial charge in [-0.15, -0.1) is 0 Å². The summed E-state index contributed by atoms with van der Waals surface area (Å²) in [5.41, 5.74) is 5.71. The maximum Gasteiger partial charge on any atom is 0.0434 e. The first-order valence-corrected chi connectivity index (χ1v) is 6.83. The minimum Gasteiger partial charge on any atom is -0.361 e. The first kappa shape index (κ1) is 15.1. The second-order valence-electron chi connectivity index (χ2n) is 7.42. The number of nitrogens with zero attached hydrogens (tertiary/aromatic N) is 1. The summed E-state index contributed by atoms with van der Waals surface area (Å²) in [6.45, 7) is 20.3. The van der Waals surface area contributed by atoms with E-state index in [0.29, 0.717) is 0 Å². The number of rotatable bonds is 1. The van der Waals surface area contributed by atoms with Crippen molar-refractivity contribution in [3.63, 3.8) is 0 Å². The molecule has 0 bridgehead atoms. The molecule has 0 spiro atoms. The third-order valence-electron chi connectivity index (χ3n) is 3.20. The summed E-state index contributed by atoms with van der Waals surface area (Å²) in [6, 6.07) is 4.57. The second kappa shape index (κ2) is 4.60. The zero-order valence-corrected chi connectivity index (χ0v) is 13.6. The molecule has 0 heterocycles. The van der Waals surface area contributed by atoms with Crippen LogP contribution in [0.15, 0.2) is 12.1 Å². The predicted molar refractivity (Wildman–Crippen MR) is 82.6 cm³/mol. The highest BCUT2D eigenvalue weighted by atomic mass is 15.2. The van der Waals surface area contributed by atoms with Crippen LogP contribution >= 0.6 is 0 Å². The molecule has 0 fully saturated rings. The fourth-order valence-electron chi connectivity index (χ4n) is 3.20. The molecule has 0 saturated carbocycles. The van der Waals surface area contributed by atoms with Crippen LogP contribution in [-0.4, -0.2) is 11.1 Å². The van der Waals surface area contributed by atoms with Gasteiger partial charge in [0, 0.05) is 16.8 Å². The largest absolute Gasteiger partial charge is 0.361 e. The Balaban J connectivity index is 3.50. The minimum absolute atomic E-state index is 0.114. The third kappa shape index (κ3) is 3.07. The van der Waals surface area contributed by atoms with Gasteiger partial charge in [-0.25, -0.2) is 0 Å². The van der Waals surface area contributed by atoms with Crippen LogP contribution in [0.1, 0.15) is 58.2 Å². The van der Waals surface area contributed by atoms with Gasteiger partial charge in [0.25, 0.3) is 0 Å². The van der Waals surface area contributed by atoms with E-state index >= 15 is 0 Å². The van der Waals surface area contributed by atoms with Crippen molar-refractivity contribution < 1.29 is 0 Å². The Bertz CT molecular complexity index is 393. The van der Waals surface area contributed by atoms with Gasteiger partial charge in [0.05, 0.1) is 0 Å². The molecule has 0 aliphatic heterocycles. The molecule has 0 unspecified atom stereocenters. The molecule has 0 aromatic heterocycles. The first-order chi connectivity index (χ1) is 7.94. The van der Waals surface area contributed by atoms with Crippen LogP contribution in [0.25, 0.3) is 0 Å². The summed E-state index contributed by atoms with van der Waals surface area (Å²) in [5.74, 6) is 0. The highest BCUT2D eigenvalue weighted by molar-refractivity contribution is 5.63. The number of hydrogen-bond acceptors (Lipinski definition) is 1. The standard InChI is InChI=1S/C17H29N/c1-12-10-13(2)15(14(3)11-12)18(16(4,5)6)17(7,8)9/h10-11H,1-9H3. The maximum absolute atomic E-state index is 2.55. The lowest BCUT2D eigenvalue weighted by molar-refractivity contribution is 0.379. The summed E-state index contributed by atoms with van der Waals surface area (Å²) >= 11 is 0. The van der Waals surface area contributed by atoms with E-state index in [-0.39, 0.29) is 11.1 Å². The van der Waals surface area contributed by atoms with Crippen molar-refractivity contribution in [1.82, 2.24) is 0 Å². The molecule has 1 aromatic carbocycles. The van der Waals surface area contributed by atoms with Crippen molar-refractivity contribution >= 4 is 5.69 Å². The van der Waals surface area contributed by atoms with E-state index in [4.69, 9.17) is 0 Å². The number of anilines is 1. The van der Waals surface area contributed by atoms with Crippen molar-refractivity contribution in [2.45, 2.75) is 73.4 Å². The molecule has 18 heavy (non-hydrogen) atoms. The molecule has 0 atom stereocenters. The summed E-state index contributed by atoms with van der Waals surface area (Å²) in [6.07, 6.45) is 0. The Morgan fingerprint density at radius 2 is 1.06 bits per heavy atom. The lowest BCUT2D eigenvalue weighted by Crippen LogP contribution is -2.53. The van der Waals surface area contributed by atoms with Gasteiger partial charge in [-0.2, -0.15) is 0 Å². The lowest BCUT2D eigenvalue weighted by atomic mass is 9.91. The Morgan fingerprint density at radius 3 is 1.33 bits per heavy atom. The Hall–Kier alpha value is -0.980. The summed E-state index contributed by atoms with van der Waals surface area (Å²) < 4.78 is 0. The summed E-state index contributed by atoms with van der Waals surface area (Å²) in [5, 5.41) is 0. The zero-order chi connectivity index (χ0) is 14.3. The molecule has 0 aliphatic carbocycles. The van der Waals surface area contributed by atoms with Gasteiger partial charge in [-0.1, -0.05) is 17.7 Å². The molecule has 0 amide bonds. The Morgan fingerprint density at radius 1 is 0.722 bits per heavy atom. The average molecular weight is 247 g/mol. The quantitative estimate of drug-likeness (QED) is 0.674. The van der Waals surface area contributed by atoms with E-state index in [1.807, 2.05) is 0 Å². The fourth-order valence-corrected chi connectivity index (χ4v) is 3.20. The molecular weight excluding hydrogens is 218 g/mol. The Kier molecular flexibility index (Phi) is 3.86. The molecule has 1 aromatic rings. The topological polar surface area (TPSA) is 3.24 Å². The van der Waals surface area contributed by atoms with E-state index in [1.54, 1.807) is 0 Å². The van der Waals surface area contributed by atoms with Gasteiger partial charge in [-0.3, -0.25) is 0 Å². The van der Waals surface area contributed by atoms with Crippen LogP contribution in [0.3, 0.4) is 0 Å². The SMILES string of the molecule is Cc1cc(C)c(N(C(C)(C)C)C(C)(C)C)c(C)c1. The van der Waals surface area contributed by atoms with Gasteiger partial charge in [0.1, 0.15) is 0 Å². The second-order valence-corrected chi connectivity index (χ2v) is 7.42.